The lowest BCUT2D eigenvalue weighted by molar-refractivity contribution is 0.300. The van der Waals surface area contributed by atoms with Crippen LogP contribution in [0.1, 0.15) is 98.3 Å². The zero-order valence-corrected chi connectivity index (χ0v) is 14.1. The molecule has 19 heavy (non-hydrogen) atoms. The van der Waals surface area contributed by atoms with E-state index in [0.717, 1.165) is 5.92 Å². The Hall–Kier alpha value is -0.0400. The van der Waals surface area contributed by atoms with Crippen molar-refractivity contribution in [2.75, 3.05) is 0 Å². The van der Waals surface area contributed by atoms with Crippen molar-refractivity contribution in [1.82, 2.24) is 0 Å². The smallest absolute Gasteiger partial charge is 0.00412 e. The van der Waals surface area contributed by atoms with Gasteiger partial charge in [-0.05, 0) is 25.2 Å². The zero-order chi connectivity index (χ0) is 14.5. The van der Waals surface area contributed by atoms with Crippen LogP contribution in [0.25, 0.3) is 0 Å². The highest BCUT2D eigenvalue weighted by molar-refractivity contribution is 4.71. The van der Waals surface area contributed by atoms with Crippen molar-refractivity contribution >= 4 is 0 Å². The molecule has 0 fully saturated rings. The topological polar surface area (TPSA) is 26.0 Å². The molecule has 2 atom stereocenters. The van der Waals surface area contributed by atoms with Crippen LogP contribution in [0.15, 0.2) is 0 Å². The van der Waals surface area contributed by atoms with Crippen molar-refractivity contribution < 1.29 is 0 Å². The van der Waals surface area contributed by atoms with Crippen LogP contribution in [-0.4, -0.2) is 6.04 Å². The molecule has 1 heteroatoms. The summed E-state index contributed by atoms with van der Waals surface area (Å²) in [6.45, 7) is 9.07. The van der Waals surface area contributed by atoms with Crippen LogP contribution in [0.2, 0.25) is 0 Å². The van der Waals surface area contributed by atoms with Gasteiger partial charge in [-0.15, -0.1) is 0 Å². The van der Waals surface area contributed by atoms with Gasteiger partial charge in [-0.25, -0.2) is 0 Å². The van der Waals surface area contributed by atoms with E-state index >= 15 is 0 Å². The van der Waals surface area contributed by atoms with Crippen molar-refractivity contribution in [3.05, 3.63) is 0 Å². The largest absolute Gasteiger partial charge is 0.328 e. The van der Waals surface area contributed by atoms with E-state index in [1.165, 1.54) is 70.6 Å². The quantitative estimate of drug-likeness (QED) is 0.413. The van der Waals surface area contributed by atoms with Gasteiger partial charge in [0.2, 0.25) is 0 Å². The molecule has 0 aliphatic carbocycles. The van der Waals surface area contributed by atoms with Gasteiger partial charge in [-0.2, -0.15) is 0 Å². The third-order valence-corrected chi connectivity index (χ3v) is 4.42. The third kappa shape index (κ3) is 11.5. The van der Waals surface area contributed by atoms with Crippen molar-refractivity contribution in [2.24, 2.45) is 17.6 Å². The molecule has 0 bridgehead atoms. The minimum Gasteiger partial charge on any atom is -0.328 e. The molecule has 0 aromatic carbocycles. The number of hydrogen-bond acceptors (Lipinski definition) is 1. The van der Waals surface area contributed by atoms with Crippen LogP contribution in [0.5, 0.6) is 0 Å². The molecule has 0 amide bonds. The number of rotatable bonds is 13. The molecule has 0 aliphatic rings. The van der Waals surface area contributed by atoms with Gasteiger partial charge in [0, 0.05) is 6.04 Å². The molecule has 0 spiro atoms. The van der Waals surface area contributed by atoms with E-state index in [1.54, 1.807) is 0 Å². The highest BCUT2D eigenvalue weighted by Gasteiger charge is 2.16. The predicted molar refractivity (Wildman–Crippen MR) is 88.4 cm³/mol. The fourth-order valence-electron chi connectivity index (χ4n) is 3.07. The molecule has 0 aromatic rings. The summed E-state index contributed by atoms with van der Waals surface area (Å²) in [7, 11) is 0. The van der Waals surface area contributed by atoms with Gasteiger partial charge < -0.3 is 5.73 Å². The average Bonchev–Trinajstić information content (AvgIpc) is 2.35. The summed E-state index contributed by atoms with van der Waals surface area (Å²) in [6, 6.07) is 0.360. The highest BCUT2D eigenvalue weighted by atomic mass is 14.6. The van der Waals surface area contributed by atoms with Crippen molar-refractivity contribution in [3.63, 3.8) is 0 Å². The molecule has 0 aliphatic heterocycles. The summed E-state index contributed by atoms with van der Waals surface area (Å²) in [5.74, 6) is 1.45. The lowest BCUT2D eigenvalue weighted by Crippen LogP contribution is -2.30. The maximum atomic E-state index is 6.06. The van der Waals surface area contributed by atoms with E-state index in [1.807, 2.05) is 0 Å². The van der Waals surface area contributed by atoms with Crippen LogP contribution in [0, 0.1) is 11.8 Å². The lowest BCUT2D eigenvalue weighted by Gasteiger charge is -2.24. The van der Waals surface area contributed by atoms with Crippen LogP contribution in [0.4, 0.5) is 0 Å². The molecule has 1 nitrogen and oxygen atoms in total. The summed E-state index contributed by atoms with van der Waals surface area (Å²) in [5.41, 5.74) is 6.06. The molecule has 0 aromatic heterocycles. The first kappa shape index (κ1) is 19.0. The Bertz CT molecular complexity index is 167. The van der Waals surface area contributed by atoms with Gasteiger partial charge >= 0.3 is 0 Å². The van der Waals surface area contributed by atoms with Gasteiger partial charge in [0.1, 0.15) is 0 Å². The Morgan fingerprint density at radius 3 is 1.47 bits per heavy atom. The molecule has 2 unspecified atom stereocenters. The Labute approximate surface area is 122 Å². The summed E-state index contributed by atoms with van der Waals surface area (Å²) >= 11 is 0. The van der Waals surface area contributed by atoms with E-state index < -0.39 is 0 Å². The van der Waals surface area contributed by atoms with Gasteiger partial charge in [-0.1, -0.05) is 85.0 Å². The Morgan fingerprint density at radius 1 is 0.684 bits per heavy atom. The molecule has 2 N–H and O–H groups in total. The van der Waals surface area contributed by atoms with E-state index in [-0.39, 0.29) is 0 Å². The van der Waals surface area contributed by atoms with Crippen LogP contribution < -0.4 is 5.73 Å². The normalized spacial score (nSPS) is 14.8. The third-order valence-electron chi connectivity index (χ3n) is 4.42. The molecule has 0 rings (SSSR count). The standard InChI is InChI=1S/C18H39N/c1-5-6-7-8-9-10-11-12-13-14-15-18(16(2)3)17(4)19/h16-18H,5-15,19H2,1-4H3. The molecule has 0 saturated heterocycles. The first-order chi connectivity index (χ1) is 9.09. The number of hydrogen-bond donors (Lipinski definition) is 1. The molecule has 116 valence electrons. The fraction of sp³-hybridized carbons (Fsp3) is 1.00. The maximum absolute atomic E-state index is 6.06. The van der Waals surface area contributed by atoms with Gasteiger partial charge in [-0.3, -0.25) is 0 Å². The second kappa shape index (κ2) is 13.0. The second-order valence-corrected chi connectivity index (χ2v) is 6.74. The van der Waals surface area contributed by atoms with Gasteiger partial charge in [0.25, 0.3) is 0 Å². The number of nitrogens with two attached hydrogens (primary N) is 1. The summed E-state index contributed by atoms with van der Waals surface area (Å²) in [5, 5.41) is 0. The van der Waals surface area contributed by atoms with E-state index in [2.05, 4.69) is 27.7 Å². The fourth-order valence-corrected chi connectivity index (χ4v) is 3.07. The van der Waals surface area contributed by atoms with Crippen molar-refractivity contribution in [2.45, 2.75) is 104 Å². The van der Waals surface area contributed by atoms with Gasteiger partial charge in [0.05, 0.1) is 0 Å². The predicted octanol–water partition coefficient (Wildman–Crippen LogP) is 5.92. The Morgan fingerprint density at radius 2 is 1.11 bits per heavy atom. The average molecular weight is 270 g/mol. The lowest BCUT2D eigenvalue weighted by atomic mass is 9.85. The summed E-state index contributed by atoms with van der Waals surface area (Å²) < 4.78 is 0. The van der Waals surface area contributed by atoms with E-state index in [9.17, 15) is 0 Å². The molecular formula is C18H39N. The zero-order valence-electron chi connectivity index (χ0n) is 14.1. The monoisotopic (exact) mass is 269 g/mol. The van der Waals surface area contributed by atoms with Crippen LogP contribution >= 0.6 is 0 Å². The number of unbranched alkanes of at least 4 members (excludes halogenated alkanes) is 9. The van der Waals surface area contributed by atoms with Gasteiger partial charge in [0.15, 0.2) is 0 Å². The van der Waals surface area contributed by atoms with E-state index in [0.29, 0.717) is 12.0 Å². The highest BCUT2D eigenvalue weighted by Crippen LogP contribution is 2.22. The molecular weight excluding hydrogens is 230 g/mol. The molecule has 0 saturated carbocycles. The Kier molecular flexibility index (Phi) is 12.9. The van der Waals surface area contributed by atoms with E-state index in [4.69, 9.17) is 5.73 Å². The summed E-state index contributed by atoms with van der Waals surface area (Å²) in [6.07, 6.45) is 15.6. The minimum atomic E-state index is 0.360. The van der Waals surface area contributed by atoms with Crippen molar-refractivity contribution in [1.29, 1.82) is 0 Å². The van der Waals surface area contributed by atoms with Crippen molar-refractivity contribution in [3.8, 4) is 0 Å². The first-order valence-electron chi connectivity index (χ1n) is 8.85. The minimum absolute atomic E-state index is 0.360. The first-order valence-corrected chi connectivity index (χ1v) is 8.85. The van der Waals surface area contributed by atoms with Crippen LogP contribution in [0.3, 0.4) is 0 Å². The Balaban J connectivity index is 3.30. The van der Waals surface area contributed by atoms with Crippen LogP contribution in [-0.2, 0) is 0 Å². The maximum Gasteiger partial charge on any atom is 0.00412 e. The molecule has 0 heterocycles. The summed E-state index contributed by atoms with van der Waals surface area (Å²) in [4.78, 5) is 0. The second-order valence-electron chi connectivity index (χ2n) is 6.74. The molecule has 0 radical (unpaired) electrons. The SMILES string of the molecule is CCCCCCCCCCCCC(C(C)C)C(C)N.